The molecule has 0 radical (unpaired) electrons. The fraction of sp³-hybridized carbons (Fsp3) is 0.333. The van der Waals surface area contributed by atoms with Gasteiger partial charge in [0.1, 0.15) is 5.75 Å². The van der Waals surface area contributed by atoms with Crippen molar-refractivity contribution in [2.75, 3.05) is 37.7 Å². The standard InChI is InChI=1S/C21H22N2O4/c1-15-5-4-6-16(13-15)20(24)23-14-19(21(25)22-9-11-26-12-10-22)27-18-8-3-2-7-17(18)23/h2-8,13,19H,9-12,14H2,1H3/t19-/m1/s1. The van der Waals surface area contributed by atoms with E-state index in [1.807, 2.05) is 43.3 Å². The summed E-state index contributed by atoms with van der Waals surface area (Å²) in [4.78, 5) is 29.5. The molecule has 2 aromatic rings. The summed E-state index contributed by atoms with van der Waals surface area (Å²) < 4.78 is 11.3. The summed E-state index contributed by atoms with van der Waals surface area (Å²) in [5.74, 6) is 0.320. The lowest BCUT2D eigenvalue weighted by molar-refractivity contribution is -0.142. The summed E-state index contributed by atoms with van der Waals surface area (Å²) in [6.45, 7) is 4.30. The highest BCUT2D eigenvalue weighted by Crippen LogP contribution is 2.34. The second kappa shape index (κ2) is 7.40. The Bertz CT molecular complexity index is 861. The number of benzene rings is 2. The first-order valence-electron chi connectivity index (χ1n) is 9.14. The Labute approximate surface area is 158 Å². The molecule has 0 unspecified atom stereocenters. The van der Waals surface area contributed by atoms with E-state index in [9.17, 15) is 9.59 Å². The first kappa shape index (κ1) is 17.5. The van der Waals surface area contributed by atoms with E-state index in [2.05, 4.69) is 0 Å². The van der Waals surface area contributed by atoms with Crippen molar-refractivity contribution in [3.8, 4) is 5.75 Å². The number of anilines is 1. The van der Waals surface area contributed by atoms with Gasteiger partial charge in [-0.15, -0.1) is 0 Å². The third-order valence-corrected chi connectivity index (χ3v) is 4.88. The number of hydrogen-bond donors (Lipinski definition) is 0. The third kappa shape index (κ3) is 3.53. The summed E-state index contributed by atoms with van der Waals surface area (Å²) in [6.07, 6.45) is -0.716. The van der Waals surface area contributed by atoms with Crippen LogP contribution in [0.5, 0.6) is 5.75 Å². The molecule has 0 aliphatic carbocycles. The van der Waals surface area contributed by atoms with Crippen LogP contribution in [0.25, 0.3) is 0 Å². The zero-order valence-corrected chi connectivity index (χ0v) is 15.3. The van der Waals surface area contributed by atoms with Gasteiger partial charge in [0.25, 0.3) is 11.8 Å². The van der Waals surface area contributed by atoms with Crippen LogP contribution in [0.1, 0.15) is 15.9 Å². The van der Waals surface area contributed by atoms with E-state index >= 15 is 0 Å². The molecule has 1 fully saturated rings. The predicted molar refractivity (Wildman–Crippen MR) is 101 cm³/mol. The van der Waals surface area contributed by atoms with E-state index in [1.165, 1.54) is 0 Å². The largest absolute Gasteiger partial charge is 0.476 e. The molecule has 140 valence electrons. The van der Waals surface area contributed by atoms with Crippen LogP contribution in [0.15, 0.2) is 48.5 Å². The van der Waals surface area contributed by atoms with Crippen LogP contribution in [0, 0.1) is 6.92 Å². The number of nitrogens with zero attached hydrogens (tertiary/aromatic N) is 2. The maximum atomic E-state index is 13.2. The van der Waals surface area contributed by atoms with Gasteiger partial charge in [0, 0.05) is 18.7 Å². The zero-order valence-electron chi connectivity index (χ0n) is 15.3. The maximum absolute atomic E-state index is 13.2. The molecular formula is C21H22N2O4. The predicted octanol–water partition coefficient (Wildman–Crippen LogP) is 2.26. The van der Waals surface area contributed by atoms with E-state index in [4.69, 9.17) is 9.47 Å². The molecule has 6 nitrogen and oxygen atoms in total. The van der Waals surface area contributed by atoms with Gasteiger partial charge in [0.2, 0.25) is 0 Å². The normalized spacial score (nSPS) is 19.2. The quantitative estimate of drug-likeness (QED) is 0.818. The van der Waals surface area contributed by atoms with Crippen molar-refractivity contribution in [2.24, 2.45) is 0 Å². The van der Waals surface area contributed by atoms with E-state index < -0.39 is 6.10 Å². The fourth-order valence-corrected chi connectivity index (χ4v) is 3.48. The SMILES string of the molecule is Cc1cccc(C(=O)N2C[C@H](C(=O)N3CCOCC3)Oc3ccccc32)c1. The summed E-state index contributed by atoms with van der Waals surface area (Å²) >= 11 is 0. The highest BCUT2D eigenvalue weighted by atomic mass is 16.5. The number of amides is 2. The highest BCUT2D eigenvalue weighted by Gasteiger charge is 2.36. The Morgan fingerprint density at radius 3 is 2.59 bits per heavy atom. The van der Waals surface area contributed by atoms with Gasteiger partial charge in [0.15, 0.2) is 6.10 Å². The molecule has 0 saturated carbocycles. The minimum absolute atomic E-state index is 0.102. The van der Waals surface area contributed by atoms with Gasteiger partial charge in [-0.2, -0.15) is 0 Å². The Kier molecular flexibility index (Phi) is 4.81. The molecule has 2 aliphatic heterocycles. The number of fused-ring (bicyclic) bond motifs is 1. The number of morpholine rings is 1. The van der Waals surface area contributed by atoms with Gasteiger partial charge in [-0.05, 0) is 31.2 Å². The molecule has 4 rings (SSSR count). The lowest BCUT2D eigenvalue weighted by Crippen LogP contribution is -2.54. The summed E-state index contributed by atoms with van der Waals surface area (Å²) in [5.41, 5.74) is 2.31. The zero-order chi connectivity index (χ0) is 18.8. The molecular weight excluding hydrogens is 344 g/mol. The van der Waals surface area contributed by atoms with Gasteiger partial charge in [-0.1, -0.05) is 29.8 Å². The number of aryl methyl sites for hydroxylation is 1. The molecule has 27 heavy (non-hydrogen) atoms. The van der Waals surface area contributed by atoms with Gasteiger partial charge in [-0.25, -0.2) is 0 Å². The average Bonchev–Trinajstić information content (AvgIpc) is 2.72. The molecule has 0 spiro atoms. The van der Waals surface area contributed by atoms with Crippen molar-refractivity contribution in [2.45, 2.75) is 13.0 Å². The topological polar surface area (TPSA) is 59.1 Å². The Balaban J connectivity index is 1.64. The lowest BCUT2D eigenvalue weighted by atomic mass is 10.1. The smallest absolute Gasteiger partial charge is 0.265 e. The monoisotopic (exact) mass is 366 g/mol. The number of carbonyl (C=O) groups excluding carboxylic acids is 2. The van der Waals surface area contributed by atoms with Crippen LogP contribution in [-0.4, -0.2) is 55.7 Å². The molecule has 0 bridgehead atoms. The molecule has 2 amide bonds. The van der Waals surface area contributed by atoms with Crippen molar-refractivity contribution < 1.29 is 19.1 Å². The number of ether oxygens (including phenoxy) is 2. The van der Waals surface area contributed by atoms with Crippen molar-refractivity contribution >= 4 is 17.5 Å². The fourth-order valence-electron chi connectivity index (χ4n) is 3.48. The lowest BCUT2D eigenvalue weighted by Gasteiger charge is -2.37. The number of para-hydroxylation sites is 2. The van der Waals surface area contributed by atoms with Crippen molar-refractivity contribution in [1.29, 1.82) is 0 Å². The van der Waals surface area contributed by atoms with Gasteiger partial charge in [-0.3, -0.25) is 9.59 Å². The van der Waals surface area contributed by atoms with Crippen LogP contribution in [0.2, 0.25) is 0 Å². The number of rotatable bonds is 2. The Morgan fingerprint density at radius 1 is 1.04 bits per heavy atom. The minimum atomic E-state index is -0.716. The molecule has 0 aromatic heterocycles. The number of carbonyl (C=O) groups is 2. The van der Waals surface area contributed by atoms with Gasteiger partial charge >= 0.3 is 0 Å². The second-order valence-corrected chi connectivity index (χ2v) is 6.80. The second-order valence-electron chi connectivity index (χ2n) is 6.80. The minimum Gasteiger partial charge on any atom is -0.476 e. The first-order valence-corrected chi connectivity index (χ1v) is 9.14. The van der Waals surface area contributed by atoms with Crippen molar-refractivity contribution in [3.63, 3.8) is 0 Å². The van der Waals surface area contributed by atoms with Gasteiger partial charge < -0.3 is 19.3 Å². The summed E-state index contributed by atoms with van der Waals surface area (Å²) in [5, 5.41) is 0. The van der Waals surface area contributed by atoms with E-state index in [0.717, 1.165) is 5.56 Å². The van der Waals surface area contributed by atoms with E-state index in [-0.39, 0.29) is 18.4 Å². The molecule has 2 aliphatic rings. The third-order valence-electron chi connectivity index (χ3n) is 4.88. The first-order chi connectivity index (χ1) is 13.1. The van der Waals surface area contributed by atoms with Crippen LogP contribution in [0.3, 0.4) is 0 Å². The summed E-state index contributed by atoms with van der Waals surface area (Å²) in [6, 6.07) is 14.8. The van der Waals surface area contributed by atoms with Gasteiger partial charge in [0.05, 0.1) is 25.4 Å². The molecule has 6 heteroatoms. The molecule has 2 heterocycles. The number of hydrogen-bond acceptors (Lipinski definition) is 4. The van der Waals surface area contributed by atoms with Crippen LogP contribution in [-0.2, 0) is 9.53 Å². The van der Waals surface area contributed by atoms with Crippen LogP contribution < -0.4 is 9.64 Å². The average molecular weight is 366 g/mol. The van der Waals surface area contributed by atoms with Crippen LogP contribution in [0.4, 0.5) is 5.69 Å². The van der Waals surface area contributed by atoms with Crippen LogP contribution >= 0.6 is 0 Å². The van der Waals surface area contributed by atoms with Crippen molar-refractivity contribution in [1.82, 2.24) is 4.90 Å². The molecule has 2 aromatic carbocycles. The van der Waals surface area contributed by atoms with E-state index in [1.54, 1.807) is 21.9 Å². The summed E-state index contributed by atoms with van der Waals surface area (Å²) in [7, 11) is 0. The molecule has 1 atom stereocenters. The molecule has 1 saturated heterocycles. The Morgan fingerprint density at radius 2 is 1.81 bits per heavy atom. The van der Waals surface area contributed by atoms with Crippen molar-refractivity contribution in [3.05, 3.63) is 59.7 Å². The Hall–Kier alpha value is -2.86. The maximum Gasteiger partial charge on any atom is 0.265 e. The molecule has 0 N–H and O–H groups in total. The van der Waals surface area contributed by atoms with E-state index in [0.29, 0.717) is 43.3 Å². The highest BCUT2D eigenvalue weighted by molar-refractivity contribution is 6.08.